The van der Waals surface area contributed by atoms with Gasteiger partial charge in [-0.3, -0.25) is 0 Å². The average Bonchev–Trinajstić information content (AvgIpc) is 2.10. The Morgan fingerprint density at radius 3 is 1.89 bits per heavy atom. The number of rotatable bonds is 2. The van der Waals surface area contributed by atoms with Gasteiger partial charge in [-0.2, -0.15) is 0 Å². The van der Waals surface area contributed by atoms with E-state index in [1.54, 1.807) is 20.8 Å². The highest BCUT2D eigenvalue weighted by Gasteiger charge is 2.52. The first-order chi connectivity index (χ1) is 7.82. The first kappa shape index (κ1) is 16.0. The van der Waals surface area contributed by atoms with E-state index in [0.29, 0.717) is 16.7 Å². The summed E-state index contributed by atoms with van der Waals surface area (Å²) >= 11 is 0. The van der Waals surface area contributed by atoms with E-state index in [-0.39, 0.29) is 0 Å². The Hall–Kier alpha value is -0.0400. The highest BCUT2D eigenvalue weighted by molar-refractivity contribution is 8.18. The summed E-state index contributed by atoms with van der Waals surface area (Å²) in [4.78, 5) is 0. The lowest BCUT2D eigenvalue weighted by Gasteiger charge is -2.35. The Morgan fingerprint density at radius 2 is 1.56 bits per heavy atom. The predicted molar refractivity (Wildman–Crippen MR) is 73.9 cm³/mol. The molecule has 18 heavy (non-hydrogen) atoms. The third-order valence-electron chi connectivity index (χ3n) is 3.41. The van der Waals surface area contributed by atoms with Crippen molar-refractivity contribution in [2.24, 2.45) is 0 Å². The van der Waals surface area contributed by atoms with Crippen LogP contribution in [0.4, 0.5) is 0 Å². The SMILES string of the molecule is CC1=C[C@](C)(S(=O)(=O)Cl)[C@H](S(=O)(=O)Cl)C(C)=C1C. The zero-order valence-electron chi connectivity index (χ0n) is 10.4. The lowest BCUT2D eigenvalue weighted by Crippen LogP contribution is -2.48. The molecule has 1 rings (SSSR count). The van der Waals surface area contributed by atoms with Gasteiger partial charge >= 0.3 is 0 Å². The molecule has 0 aromatic rings. The second-order valence-corrected chi connectivity index (χ2v) is 10.3. The maximum Gasteiger partial charge on any atom is 0.243 e. The molecule has 0 fully saturated rings. The summed E-state index contributed by atoms with van der Waals surface area (Å²) in [5, 5.41) is -1.38. The summed E-state index contributed by atoms with van der Waals surface area (Å²) in [5.74, 6) is 0. The molecule has 0 N–H and O–H groups in total. The van der Waals surface area contributed by atoms with Crippen LogP contribution in [0, 0.1) is 0 Å². The summed E-state index contributed by atoms with van der Waals surface area (Å²) in [6, 6.07) is 0. The summed E-state index contributed by atoms with van der Waals surface area (Å²) in [7, 11) is 2.55. The van der Waals surface area contributed by atoms with Gasteiger partial charge in [0.2, 0.25) is 18.1 Å². The van der Waals surface area contributed by atoms with Gasteiger partial charge in [0.15, 0.2) is 0 Å². The van der Waals surface area contributed by atoms with Gasteiger partial charge in [-0.15, -0.1) is 0 Å². The van der Waals surface area contributed by atoms with Gasteiger partial charge in [-0.1, -0.05) is 11.6 Å². The summed E-state index contributed by atoms with van der Waals surface area (Å²) in [6.07, 6.45) is 1.35. The fraction of sp³-hybridized carbons (Fsp3) is 0.600. The first-order valence-electron chi connectivity index (χ1n) is 5.07. The normalized spacial score (nSPS) is 30.3. The second-order valence-electron chi connectivity index (χ2n) is 4.61. The summed E-state index contributed by atoms with van der Waals surface area (Å²) in [6.45, 7) is 6.24. The molecular weight excluding hydrogens is 319 g/mol. The summed E-state index contributed by atoms with van der Waals surface area (Å²) < 4.78 is 45.1. The van der Waals surface area contributed by atoms with Gasteiger partial charge in [-0.05, 0) is 38.8 Å². The van der Waals surface area contributed by atoms with Crippen LogP contribution in [0.5, 0.6) is 0 Å². The zero-order valence-corrected chi connectivity index (χ0v) is 13.5. The van der Waals surface area contributed by atoms with Crippen molar-refractivity contribution < 1.29 is 16.8 Å². The molecule has 1 aliphatic carbocycles. The maximum absolute atomic E-state index is 11.7. The Kier molecular flexibility index (Phi) is 4.01. The molecule has 0 saturated heterocycles. The number of halogens is 2. The lowest BCUT2D eigenvalue weighted by atomic mass is 9.86. The van der Waals surface area contributed by atoms with E-state index in [1.165, 1.54) is 13.0 Å². The standard InChI is InChI=1S/C10H14Cl2O4S2/c1-6-5-10(4,18(12,15)16)9(17(11,13)14)8(3)7(6)2/h5,9H,1-4H3/t9-,10+/m1/s1. The minimum absolute atomic E-state index is 0.400. The van der Waals surface area contributed by atoms with Crippen LogP contribution in [0.3, 0.4) is 0 Å². The lowest BCUT2D eigenvalue weighted by molar-refractivity contribution is 0.555. The Bertz CT molecular complexity index is 643. The number of allylic oxidation sites excluding steroid dienone is 2. The third kappa shape index (κ3) is 2.48. The minimum Gasteiger partial charge on any atom is -0.212 e. The van der Waals surface area contributed by atoms with Crippen molar-refractivity contribution in [2.75, 3.05) is 0 Å². The fourth-order valence-electron chi connectivity index (χ4n) is 2.24. The second kappa shape index (κ2) is 4.51. The van der Waals surface area contributed by atoms with E-state index >= 15 is 0 Å². The third-order valence-corrected chi connectivity index (χ3v) is 7.90. The molecular formula is C10H14Cl2O4S2. The van der Waals surface area contributed by atoms with Crippen molar-refractivity contribution in [1.82, 2.24) is 0 Å². The van der Waals surface area contributed by atoms with Crippen LogP contribution in [-0.4, -0.2) is 26.8 Å². The molecule has 0 bridgehead atoms. The smallest absolute Gasteiger partial charge is 0.212 e. The van der Waals surface area contributed by atoms with Gasteiger partial charge in [0, 0.05) is 21.4 Å². The predicted octanol–water partition coefficient (Wildman–Crippen LogP) is 2.55. The van der Waals surface area contributed by atoms with Crippen LogP contribution in [0.1, 0.15) is 27.7 Å². The van der Waals surface area contributed by atoms with Crippen molar-refractivity contribution in [1.29, 1.82) is 0 Å². The topological polar surface area (TPSA) is 68.3 Å². The molecule has 0 unspecified atom stereocenters. The molecule has 0 aromatic carbocycles. The van der Waals surface area contributed by atoms with Crippen molar-refractivity contribution in [2.45, 2.75) is 37.7 Å². The molecule has 104 valence electrons. The molecule has 0 aromatic heterocycles. The van der Waals surface area contributed by atoms with Gasteiger partial charge in [-0.25, -0.2) is 16.8 Å². The zero-order chi connectivity index (χ0) is 14.5. The van der Waals surface area contributed by atoms with Crippen molar-refractivity contribution in [3.05, 3.63) is 22.8 Å². The molecule has 0 amide bonds. The van der Waals surface area contributed by atoms with E-state index in [9.17, 15) is 16.8 Å². The molecule has 1 aliphatic rings. The number of hydrogen-bond acceptors (Lipinski definition) is 4. The Balaban J connectivity index is 3.74. The van der Waals surface area contributed by atoms with Crippen molar-refractivity contribution in [3.8, 4) is 0 Å². The molecule has 8 heteroatoms. The molecule has 0 heterocycles. The van der Waals surface area contributed by atoms with E-state index in [4.69, 9.17) is 21.4 Å². The van der Waals surface area contributed by atoms with Gasteiger partial charge in [0.1, 0.15) is 10.00 Å². The Morgan fingerprint density at radius 1 is 1.11 bits per heavy atom. The van der Waals surface area contributed by atoms with Gasteiger partial charge in [0.05, 0.1) is 0 Å². The van der Waals surface area contributed by atoms with E-state index in [1.807, 2.05) is 0 Å². The highest BCUT2D eigenvalue weighted by Crippen LogP contribution is 2.43. The number of hydrogen-bond donors (Lipinski definition) is 0. The van der Waals surface area contributed by atoms with Crippen LogP contribution in [-0.2, 0) is 18.1 Å². The van der Waals surface area contributed by atoms with Crippen molar-refractivity contribution in [3.63, 3.8) is 0 Å². The van der Waals surface area contributed by atoms with Gasteiger partial charge in [0.25, 0.3) is 0 Å². The molecule has 0 radical (unpaired) electrons. The van der Waals surface area contributed by atoms with Crippen LogP contribution >= 0.6 is 21.4 Å². The summed E-state index contributed by atoms with van der Waals surface area (Å²) in [5.41, 5.74) is 1.79. The first-order valence-corrected chi connectivity index (χ1v) is 9.75. The minimum atomic E-state index is -4.15. The molecule has 2 atom stereocenters. The van der Waals surface area contributed by atoms with E-state index in [0.717, 1.165) is 0 Å². The van der Waals surface area contributed by atoms with E-state index < -0.39 is 28.1 Å². The molecule has 0 saturated carbocycles. The Labute approximate surface area is 117 Å². The largest absolute Gasteiger partial charge is 0.243 e. The van der Waals surface area contributed by atoms with E-state index in [2.05, 4.69) is 0 Å². The molecule has 4 nitrogen and oxygen atoms in total. The average molecular weight is 333 g/mol. The molecule has 0 aliphatic heterocycles. The van der Waals surface area contributed by atoms with Crippen molar-refractivity contribution >= 4 is 39.5 Å². The highest BCUT2D eigenvalue weighted by atomic mass is 35.7. The molecule has 0 spiro atoms. The van der Waals surface area contributed by atoms with Crippen LogP contribution in [0.25, 0.3) is 0 Å². The monoisotopic (exact) mass is 332 g/mol. The van der Waals surface area contributed by atoms with Crippen LogP contribution < -0.4 is 0 Å². The van der Waals surface area contributed by atoms with Crippen LogP contribution in [0.2, 0.25) is 0 Å². The van der Waals surface area contributed by atoms with Crippen LogP contribution in [0.15, 0.2) is 22.8 Å². The van der Waals surface area contributed by atoms with Gasteiger partial charge < -0.3 is 0 Å². The maximum atomic E-state index is 11.7. The quantitative estimate of drug-likeness (QED) is 0.728. The fourth-order valence-corrected chi connectivity index (χ4v) is 6.65.